The number of nitrogens with zero attached hydrogens (tertiary/aromatic N) is 2. The first-order chi connectivity index (χ1) is 10.9. The van der Waals surface area contributed by atoms with Crippen LogP contribution >= 0.6 is 11.8 Å². The van der Waals surface area contributed by atoms with E-state index in [0.717, 1.165) is 5.92 Å². The van der Waals surface area contributed by atoms with Gasteiger partial charge in [0.1, 0.15) is 0 Å². The molecular weight excluding hydrogens is 288 g/mol. The number of rotatable bonds is 1. The fourth-order valence-corrected chi connectivity index (χ4v) is 5.39. The molecule has 4 aliphatic rings. The van der Waals surface area contributed by atoms with Gasteiger partial charge in [-0.15, -0.1) is 0 Å². The van der Waals surface area contributed by atoms with Crippen LogP contribution in [0.1, 0.15) is 12.8 Å². The number of fused-ring (bicyclic) bond motifs is 5. The molecule has 22 heavy (non-hydrogen) atoms. The maximum Gasteiger partial charge on any atom is 0.0556 e. The van der Waals surface area contributed by atoms with E-state index < -0.39 is 0 Å². The van der Waals surface area contributed by atoms with Crippen molar-refractivity contribution in [3.8, 4) is 0 Å². The molecule has 0 unspecified atom stereocenters. The van der Waals surface area contributed by atoms with E-state index in [2.05, 4.69) is 58.3 Å². The molecular formula is C19H20N2S. The Morgan fingerprint density at radius 3 is 1.95 bits per heavy atom. The van der Waals surface area contributed by atoms with Gasteiger partial charge in [-0.25, -0.2) is 0 Å². The maximum absolute atomic E-state index is 2.65. The molecule has 1 atom stereocenters. The van der Waals surface area contributed by atoms with Crippen molar-refractivity contribution in [1.82, 2.24) is 4.90 Å². The molecule has 3 saturated heterocycles. The van der Waals surface area contributed by atoms with Crippen molar-refractivity contribution < 1.29 is 0 Å². The second kappa shape index (κ2) is 5.04. The topological polar surface area (TPSA) is 6.48 Å². The normalized spacial score (nSPS) is 29.1. The molecule has 0 amide bonds. The summed E-state index contributed by atoms with van der Waals surface area (Å²) in [5, 5.41) is 0. The Labute approximate surface area is 136 Å². The van der Waals surface area contributed by atoms with Gasteiger partial charge in [0, 0.05) is 22.4 Å². The minimum Gasteiger partial charge on any atom is -0.335 e. The van der Waals surface area contributed by atoms with E-state index in [1.807, 2.05) is 11.8 Å². The largest absolute Gasteiger partial charge is 0.335 e. The Balaban J connectivity index is 1.65. The first-order valence-electron chi connectivity index (χ1n) is 8.28. The Morgan fingerprint density at radius 2 is 1.41 bits per heavy atom. The number of anilines is 2. The van der Waals surface area contributed by atoms with Gasteiger partial charge in [0.2, 0.25) is 0 Å². The molecule has 6 rings (SSSR count). The summed E-state index contributed by atoms with van der Waals surface area (Å²) in [5.41, 5.74) is 2.81. The molecule has 2 bridgehead atoms. The SMILES string of the molecule is c1ccc2c(c1)Sc1ccccc1N2[C@H]1CN2CCC1CC2. The first-order valence-corrected chi connectivity index (χ1v) is 9.09. The summed E-state index contributed by atoms with van der Waals surface area (Å²) < 4.78 is 0. The summed E-state index contributed by atoms with van der Waals surface area (Å²) in [5.74, 6) is 0.842. The second-order valence-corrected chi connectivity index (χ2v) is 7.70. The third kappa shape index (κ3) is 1.92. The second-order valence-electron chi connectivity index (χ2n) is 6.61. The third-order valence-corrected chi connectivity index (χ3v) is 6.55. The predicted molar refractivity (Wildman–Crippen MR) is 92.1 cm³/mol. The average Bonchev–Trinajstić information content (AvgIpc) is 2.60. The van der Waals surface area contributed by atoms with Crippen molar-refractivity contribution >= 4 is 23.1 Å². The fraction of sp³-hybridized carbons (Fsp3) is 0.368. The fourth-order valence-electron chi connectivity index (χ4n) is 4.32. The number of piperidine rings is 3. The van der Waals surface area contributed by atoms with Gasteiger partial charge in [-0.1, -0.05) is 36.0 Å². The Morgan fingerprint density at radius 1 is 0.818 bits per heavy atom. The molecule has 3 heteroatoms. The molecule has 2 aromatic carbocycles. The Hall–Kier alpha value is -1.45. The van der Waals surface area contributed by atoms with Gasteiger partial charge in [-0.2, -0.15) is 0 Å². The van der Waals surface area contributed by atoms with E-state index in [0.29, 0.717) is 6.04 Å². The zero-order valence-corrected chi connectivity index (χ0v) is 13.4. The van der Waals surface area contributed by atoms with Gasteiger partial charge >= 0.3 is 0 Å². The van der Waals surface area contributed by atoms with Crippen LogP contribution < -0.4 is 4.90 Å². The lowest BCUT2D eigenvalue weighted by Crippen LogP contribution is -2.56. The molecule has 0 aliphatic carbocycles. The quantitative estimate of drug-likeness (QED) is 0.772. The summed E-state index contributed by atoms with van der Waals surface area (Å²) in [6.07, 6.45) is 2.72. The molecule has 0 radical (unpaired) electrons. The van der Waals surface area contributed by atoms with Crippen molar-refractivity contribution in [2.75, 3.05) is 24.5 Å². The highest BCUT2D eigenvalue weighted by atomic mass is 32.2. The summed E-state index contributed by atoms with van der Waals surface area (Å²) in [6.45, 7) is 3.82. The van der Waals surface area contributed by atoms with Crippen molar-refractivity contribution in [2.45, 2.75) is 28.7 Å². The molecule has 0 saturated carbocycles. The van der Waals surface area contributed by atoms with E-state index in [1.165, 1.54) is 53.6 Å². The summed E-state index contributed by atoms with van der Waals surface area (Å²) >= 11 is 1.92. The number of benzene rings is 2. The monoisotopic (exact) mass is 308 g/mol. The van der Waals surface area contributed by atoms with Crippen LogP contribution in [0.15, 0.2) is 58.3 Å². The standard InChI is InChI=1S/C19H20N2S/c1-3-7-18-15(5-1)21(16-6-2-4-8-19(16)22-18)17-13-20-11-9-14(17)10-12-20/h1-8,14,17H,9-13H2/t17-/m0/s1. The molecule has 0 spiro atoms. The van der Waals surface area contributed by atoms with Gasteiger partial charge in [-0.05, 0) is 56.1 Å². The van der Waals surface area contributed by atoms with Crippen LogP contribution in [0.4, 0.5) is 11.4 Å². The van der Waals surface area contributed by atoms with Crippen LogP contribution in [0.5, 0.6) is 0 Å². The molecule has 3 fully saturated rings. The number of hydrogen-bond acceptors (Lipinski definition) is 3. The van der Waals surface area contributed by atoms with Crippen LogP contribution in [-0.2, 0) is 0 Å². The molecule has 0 N–H and O–H groups in total. The minimum atomic E-state index is 0.630. The van der Waals surface area contributed by atoms with Crippen LogP contribution in [-0.4, -0.2) is 30.6 Å². The van der Waals surface area contributed by atoms with E-state index in [9.17, 15) is 0 Å². The first kappa shape index (κ1) is 13.0. The predicted octanol–water partition coefficient (Wildman–Crippen LogP) is 4.38. The van der Waals surface area contributed by atoms with Crippen LogP contribution in [0.3, 0.4) is 0 Å². The zero-order valence-electron chi connectivity index (χ0n) is 12.6. The van der Waals surface area contributed by atoms with E-state index in [-0.39, 0.29) is 0 Å². The maximum atomic E-state index is 2.65. The van der Waals surface area contributed by atoms with Crippen LogP contribution in [0, 0.1) is 5.92 Å². The molecule has 112 valence electrons. The lowest BCUT2D eigenvalue weighted by Gasteiger charge is -2.51. The molecule has 4 heterocycles. The summed E-state index contributed by atoms with van der Waals surface area (Å²) in [4.78, 5) is 8.10. The third-order valence-electron chi connectivity index (χ3n) is 5.42. The summed E-state index contributed by atoms with van der Waals surface area (Å²) in [6, 6.07) is 18.5. The average molecular weight is 308 g/mol. The highest BCUT2D eigenvalue weighted by molar-refractivity contribution is 7.99. The molecule has 2 aromatic rings. The Kier molecular flexibility index (Phi) is 2.98. The van der Waals surface area contributed by atoms with E-state index in [4.69, 9.17) is 0 Å². The van der Waals surface area contributed by atoms with Gasteiger partial charge in [0.05, 0.1) is 11.4 Å². The van der Waals surface area contributed by atoms with E-state index in [1.54, 1.807) is 0 Å². The number of para-hydroxylation sites is 2. The van der Waals surface area contributed by atoms with Crippen molar-refractivity contribution in [1.29, 1.82) is 0 Å². The lowest BCUT2D eigenvalue weighted by molar-refractivity contribution is 0.0891. The summed E-state index contributed by atoms with van der Waals surface area (Å²) in [7, 11) is 0. The van der Waals surface area contributed by atoms with Crippen molar-refractivity contribution in [3.63, 3.8) is 0 Å². The van der Waals surface area contributed by atoms with Gasteiger partial charge in [-0.3, -0.25) is 0 Å². The highest BCUT2D eigenvalue weighted by Crippen LogP contribution is 2.50. The highest BCUT2D eigenvalue weighted by Gasteiger charge is 2.40. The smallest absolute Gasteiger partial charge is 0.0556 e. The molecule has 2 nitrogen and oxygen atoms in total. The van der Waals surface area contributed by atoms with Crippen molar-refractivity contribution in [3.05, 3.63) is 48.5 Å². The van der Waals surface area contributed by atoms with Gasteiger partial charge in [0.25, 0.3) is 0 Å². The van der Waals surface area contributed by atoms with Gasteiger partial charge < -0.3 is 9.80 Å². The lowest BCUT2D eigenvalue weighted by atomic mass is 9.82. The van der Waals surface area contributed by atoms with Crippen LogP contribution in [0.25, 0.3) is 0 Å². The minimum absolute atomic E-state index is 0.630. The van der Waals surface area contributed by atoms with Crippen molar-refractivity contribution in [2.24, 2.45) is 5.92 Å². The zero-order chi connectivity index (χ0) is 14.5. The molecule has 4 aliphatic heterocycles. The van der Waals surface area contributed by atoms with E-state index >= 15 is 0 Å². The molecule has 0 aromatic heterocycles. The number of hydrogen-bond donors (Lipinski definition) is 0. The van der Waals surface area contributed by atoms with Gasteiger partial charge in [0.15, 0.2) is 0 Å². The van der Waals surface area contributed by atoms with Crippen LogP contribution in [0.2, 0.25) is 0 Å². The Bertz CT molecular complexity index is 661.